The van der Waals surface area contributed by atoms with Crippen LogP contribution in [0.2, 0.25) is 0 Å². The molecule has 1 fully saturated rings. The summed E-state index contributed by atoms with van der Waals surface area (Å²) in [5, 5.41) is 0. The van der Waals surface area contributed by atoms with Gasteiger partial charge in [-0.1, -0.05) is 6.07 Å². The Labute approximate surface area is 147 Å². The van der Waals surface area contributed by atoms with E-state index in [2.05, 4.69) is 21.9 Å². The minimum Gasteiger partial charge on any atom is -0.486 e. The summed E-state index contributed by atoms with van der Waals surface area (Å²) in [6.07, 6.45) is 1.10. The van der Waals surface area contributed by atoms with E-state index in [9.17, 15) is 4.39 Å². The van der Waals surface area contributed by atoms with Gasteiger partial charge in [-0.25, -0.2) is 4.39 Å². The van der Waals surface area contributed by atoms with E-state index in [1.54, 1.807) is 0 Å². The van der Waals surface area contributed by atoms with Gasteiger partial charge in [-0.15, -0.1) is 0 Å². The first-order chi connectivity index (χ1) is 12.3. The van der Waals surface area contributed by atoms with Crippen LogP contribution in [0.3, 0.4) is 0 Å². The molecule has 2 aliphatic rings. The van der Waals surface area contributed by atoms with E-state index < -0.39 is 0 Å². The zero-order valence-electron chi connectivity index (χ0n) is 14.3. The highest BCUT2D eigenvalue weighted by atomic mass is 19.1. The number of nitrogens with zero attached hydrogens (tertiary/aromatic N) is 2. The number of hydrogen-bond donors (Lipinski definition) is 0. The molecule has 4 rings (SSSR count). The first-order valence-electron chi connectivity index (χ1n) is 8.89. The van der Waals surface area contributed by atoms with Crippen molar-refractivity contribution in [2.24, 2.45) is 0 Å². The van der Waals surface area contributed by atoms with Gasteiger partial charge in [-0.2, -0.15) is 0 Å². The maximum absolute atomic E-state index is 13.1. The quantitative estimate of drug-likeness (QED) is 0.854. The Balaban J connectivity index is 1.38. The van der Waals surface area contributed by atoms with Crippen LogP contribution in [-0.4, -0.2) is 44.3 Å². The molecule has 0 radical (unpaired) electrons. The molecule has 2 aliphatic heterocycles. The van der Waals surface area contributed by atoms with Crippen molar-refractivity contribution in [1.82, 2.24) is 4.90 Å². The fourth-order valence-electron chi connectivity index (χ4n) is 3.48. The molecule has 4 nitrogen and oxygen atoms in total. The van der Waals surface area contributed by atoms with Gasteiger partial charge in [0.2, 0.25) is 0 Å². The molecule has 2 heterocycles. The lowest BCUT2D eigenvalue weighted by Crippen LogP contribution is -2.30. The van der Waals surface area contributed by atoms with Crippen LogP contribution in [-0.2, 0) is 6.54 Å². The minimum atomic E-state index is -0.182. The second-order valence-corrected chi connectivity index (χ2v) is 6.57. The van der Waals surface area contributed by atoms with Gasteiger partial charge in [0, 0.05) is 38.4 Å². The average Bonchev–Trinajstić information content (AvgIpc) is 2.88. The highest BCUT2D eigenvalue weighted by Gasteiger charge is 2.17. The van der Waals surface area contributed by atoms with Gasteiger partial charge < -0.3 is 14.4 Å². The number of hydrogen-bond acceptors (Lipinski definition) is 4. The number of benzene rings is 2. The summed E-state index contributed by atoms with van der Waals surface area (Å²) in [6, 6.07) is 13.0. The van der Waals surface area contributed by atoms with Crippen LogP contribution in [0.4, 0.5) is 10.1 Å². The van der Waals surface area contributed by atoms with Gasteiger partial charge >= 0.3 is 0 Å². The van der Waals surface area contributed by atoms with E-state index in [1.165, 1.54) is 17.7 Å². The Bertz CT molecular complexity index is 720. The van der Waals surface area contributed by atoms with Gasteiger partial charge in [0.1, 0.15) is 19.0 Å². The topological polar surface area (TPSA) is 24.9 Å². The van der Waals surface area contributed by atoms with Crippen LogP contribution >= 0.6 is 0 Å². The normalized spacial score (nSPS) is 18.0. The number of rotatable bonds is 3. The van der Waals surface area contributed by atoms with Crippen LogP contribution in [0.5, 0.6) is 11.5 Å². The fraction of sp³-hybridized carbons (Fsp3) is 0.400. The molecule has 0 spiro atoms. The molecule has 0 atom stereocenters. The van der Waals surface area contributed by atoms with Gasteiger partial charge in [0.25, 0.3) is 0 Å². The Kier molecular flexibility index (Phi) is 4.74. The Morgan fingerprint density at radius 1 is 0.840 bits per heavy atom. The molecule has 1 saturated heterocycles. The second kappa shape index (κ2) is 7.31. The smallest absolute Gasteiger partial charge is 0.161 e. The third kappa shape index (κ3) is 3.87. The third-order valence-corrected chi connectivity index (χ3v) is 4.79. The summed E-state index contributed by atoms with van der Waals surface area (Å²) >= 11 is 0. The van der Waals surface area contributed by atoms with Crippen molar-refractivity contribution in [3.05, 3.63) is 53.8 Å². The molecule has 0 N–H and O–H groups in total. The lowest BCUT2D eigenvalue weighted by atomic mass is 10.1. The van der Waals surface area contributed by atoms with E-state index in [4.69, 9.17) is 9.47 Å². The standard InChI is InChI=1S/C20H23FN2O2/c21-17-3-5-18(6-4-17)23-9-1-8-22(10-11-23)15-16-2-7-19-20(14-16)25-13-12-24-19/h2-7,14H,1,8-13,15H2. The van der Waals surface area contributed by atoms with Crippen molar-refractivity contribution in [1.29, 1.82) is 0 Å². The Hall–Kier alpha value is -2.27. The average molecular weight is 342 g/mol. The molecule has 2 aromatic rings. The lowest BCUT2D eigenvalue weighted by Gasteiger charge is -2.24. The van der Waals surface area contributed by atoms with Crippen molar-refractivity contribution in [2.45, 2.75) is 13.0 Å². The maximum atomic E-state index is 13.1. The van der Waals surface area contributed by atoms with Crippen LogP contribution in [0, 0.1) is 5.82 Å². The minimum absolute atomic E-state index is 0.182. The van der Waals surface area contributed by atoms with E-state index in [1.807, 2.05) is 18.2 Å². The van der Waals surface area contributed by atoms with E-state index in [-0.39, 0.29) is 5.82 Å². The molecule has 2 aromatic carbocycles. The molecule has 5 heteroatoms. The molecule has 0 bridgehead atoms. The SMILES string of the molecule is Fc1ccc(N2CCCN(Cc3ccc4c(c3)OCCO4)CC2)cc1. The summed E-state index contributed by atoms with van der Waals surface area (Å²) in [4.78, 5) is 4.80. The maximum Gasteiger partial charge on any atom is 0.161 e. The predicted molar refractivity (Wildman–Crippen MR) is 95.9 cm³/mol. The van der Waals surface area contributed by atoms with E-state index >= 15 is 0 Å². The van der Waals surface area contributed by atoms with Gasteiger partial charge in [-0.05, 0) is 48.4 Å². The monoisotopic (exact) mass is 342 g/mol. The van der Waals surface area contributed by atoms with Gasteiger partial charge in [0.15, 0.2) is 11.5 Å². The largest absolute Gasteiger partial charge is 0.486 e. The van der Waals surface area contributed by atoms with Crippen LogP contribution in [0.1, 0.15) is 12.0 Å². The zero-order valence-corrected chi connectivity index (χ0v) is 14.3. The van der Waals surface area contributed by atoms with Crippen molar-refractivity contribution in [3.8, 4) is 11.5 Å². The van der Waals surface area contributed by atoms with Crippen molar-refractivity contribution in [2.75, 3.05) is 44.3 Å². The first kappa shape index (κ1) is 16.2. The van der Waals surface area contributed by atoms with E-state index in [0.717, 1.165) is 56.3 Å². The van der Waals surface area contributed by atoms with Gasteiger partial charge in [0.05, 0.1) is 0 Å². The molecular weight excluding hydrogens is 319 g/mol. The number of ether oxygens (including phenoxy) is 2. The Morgan fingerprint density at radius 2 is 1.64 bits per heavy atom. The summed E-state index contributed by atoms with van der Waals surface area (Å²) in [5.74, 6) is 1.51. The second-order valence-electron chi connectivity index (χ2n) is 6.57. The van der Waals surface area contributed by atoms with Crippen LogP contribution < -0.4 is 14.4 Å². The number of anilines is 1. The Morgan fingerprint density at radius 3 is 2.48 bits per heavy atom. The summed E-state index contributed by atoms with van der Waals surface area (Å²) in [5.41, 5.74) is 2.35. The lowest BCUT2D eigenvalue weighted by molar-refractivity contribution is 0.171. The van der Waals surface area contributed by atoms with Crippen LogP contribution in [0.15, 0.2) is 42.5 Å². The summed E-state index contributed by atoms with van der Waals surface area (Å²) < 4.78 is 24.4. The molecular formula is C20H23FN2O2. The molecule has 0 aliphatic carbocycles. The number of fused-ring (bicyclic) bond motifs is 1. The number of halogens is 1. The molecule has 0 aromatic heterocycles. The fourth-order valence-corrected chi connectivity index (χ4v) is 3.48. The molecule has 132 valence electrons. The van der Waals surface area contributed by atoms with Crippen molar-refractivity contribution >= 4 is 5.69 Å². The summed E-state index contributed by atoms with van der Waals surface area (Å²) in [7, 11) is 0. The molecule has 25 heavy (non-hydrogen) atoms. The van der Waals surface area contributed by atoms with Gasteiger partial charge in [-0.3, -0.25) is 4.90 Å². The van der Waals surface area contributed by atoms with Crippen molar-refractivity contribution in [3.63, 3.8) is 0 Å². The highest BCUT2D eigenvalue weighted by Crippen LogP contribution is 2.31. The zero-order chi connectivity index (χ0) is 17.1. The molecule has 0 amide bonds. The first-order valence-corrected chi connectivity index (χ1v) is 8.89. The third-order valence-electron chi connectivity index (χ3n) is 4.79. The van der Waals surface area contributed by atoms with E-state index in [0.29, 0.717) is 13.2 Å². The predicted octanol–water partition coefficient (Wildman–Crippen LogP) is 3.31. The molecule has 0 unspecified atom stereocenters. The van der Waals surface area contributed by atoms with Crippen LogP contribution in [0.25, 0.3) is 0 Å². The molecule has 0 saturated carbocycles. The highest BCUT2D eigenvalue weighted by molar-refractivity contribution is 5.46. The summed E-state index contributed by atoms with van der Waals surface area (Å²) in [6.45, 7) is 6.16. The van der Waals surface area contributed by atoms with Crippen molar-refractivity contribution < 1.29 is 13.9 Å².